The van der Waals surface area contributed by atoms with Gasteiger partial charge in [-0.25, -0.2) is 13.1 Å². The molecule has 1 aromatic carbocycles. The Morgan fingerprint density at radius 2 is 2.04 bits per heavy atom. The van der Waals surface area contributed by atoms with Crippen molar-refractivity contribution in [3.05, 3.63) is 29.8 Å². The molecule has 0 aliphatic carbocycles. The van der Waals surface area contributed by atoms with Crippen LogP contribution >= 0.6 is 0 Å². The number of rotatable bonds is 6. The molecule has 0 bridgehead atoms. The van der Waals surface area contributed by atoms with Crippen molar-refractivity contribution in [1.29, 1.82) is 0 Å². The van der Waals surface area contributed by atoms with Gasteiger partial charge in [-0.3, -0.25) is 4.79 Å². The van der Waals surface area contributed by atoms with E-state index in [1.807, 2.05) is 0 Å². The molecule has 2 aliphatic heterocycles. The van der Waals surface area contributed by atoms with Crippen molar-refractivity contribution >= 4 is 15.9 Å². The predicted molar refractivity (Wildman–Crippen MR) is 93.9 cm³/mol. The van der Waals surface area contributed by atoms with Gasteiger partial charge in [0.25, 0.3) is 5.91 Å². The summed E-state index contributed by atoms with van der Waals surface area (Å²) in [5.74, 6) is 0.0556. The molecule has 3 rings (SSSR count). The van der Waals surface area contributed by atoms with Crippen LogP contribution in [0.3, 0.4) is 0 Å². The smallest absolute Gasteiger partial charge is 0.251 e. The molecule has 25 heavy (non-hydrogen) atoms. The van der Waals surface area contributed by atoms with Crippen LogP contribution in [0.4, 0.5) is 0 Å². The topological polar surface area (TPSA) is 96.5 Å². The molecule has 0 spiro atoms. The van der Waals surface area contributed by atoms with Gasteiger partial charge in [0.2, 0.25) is 10.0 Å². The van der Waals surface area contributed by atoms with Gasteiger partial charge in [-0.1, -0.05) is 6.07 Å². The molecule has 7 nitrogen and oxygen atoms in total. The number of hydrogen-bond donors (Lipinski definition) is 3. The third-order valence-electron chi connectivity index (χ3n) is 4.70. The number of carbonyl (C=O) groups is 1. The van der Waals surface area contributed by atoms with Crippen LogP contribution in [0.1, 0.15) is 29.6 Å². The van der Waals surface area contributed by atoms with Crippen LogP contribution in [0.15, 0.2) is 29.2 Å². The highest BCUT2D eigenvalue weighted by Crippen LogP contribution is 2.16. The van der Waals surface area contributed by atoms with E-state index in [0.717, 1.165) is 32.4 Å². The molecule has 8 heteroatoms. The fourth-order valence-electron chi connectivity index (χ4n) is 3.11. The molecular formula is C17H25N3O4S. The van der Waals surface area contributed by atoms with E-state index in [-0.39, 0.29) is 16.8 Å². The lowest BCUT2D eigenvalue weighted by Crippen LogP contribution is -2.36. The summed E-state index contributed by atoms with van der Waals surface area (Å²) in [6.45, 7) is 3.39. The van der Waals surface area contributed by atoms with Crippen molar-refractivity contribution in [2.45, 2.75) is 30.2 Å². The summed E-state index contributed by atoms with van der Waals surface area (Å²) >= 11 is 0. The van der Waals surface area contributed by atoms with E-state index in [1.54, 1.807) is 12.1 Å². The molecule has 0 saturated carbocycles. The van der Waals surface area contributed by atoms with Gasteiger partial charge in [-0.15, -0.1) is 0 Å². The molecule has 2 fully saturated rings. The molecule has 2 aliphatic rings. The first kappa shape index (κ1) is 18.3. The second kappa shape index (κ2) is 8.27. The zero-order chi connectivity index (χ0) is 17.7. The maximum absolute atomic E-state index is 12.5. The molecule has 0 radical (unpaired) electrons. The van der Waals surface area contributed by atoms with E-state index < -0.39 is 10.0 Å². The molecule has 2 saturated heterocycles. The van der Waals surface area contributed by atoms with Crippen LogP contribution < -0.4 is 15.4 Å². The van der Waals surface area contributed by atoms with Crippen molar-refractivity contribution in [1.82, 2.24) is 15.4 Å². The van der Waals surface area contributed by atoms with Gasteiger partial charge in [-0.2, -0.15) is 0 Å². The van der Waals surface area contributed by atoms with E-state index in [1.165, 1.54) is 12.1 Å². The van der Waals surface area contributed by atoms with Gasteiger partial charge in [0.15, 0.2) is 0 Å². The predicted octanol–water partition coefficient (Wildman–Crippen LogP) is 0.483. The number of ether oxygens (including phenoxy) is 1. The largest absolute Gasteiger partial charge is 0.381 e. The third-order valence-corrected chi connectivity index (χ3v) is 6.13. The van der Waals surface area contributed by atoms with Gasteiger partial charge >= 0.3 is 0 Å². The maximum atomic E-state index is 12.5. The minimum Gasteiger partial charge on any atom is -0.381 e. The lowest BCUT2D eigenvalue weighted by molar-refractivity contribution is 0.0678. The third kappa shape index (κ3) is 5.01. The highest BCUT2D eigenvalue weighted by molar-refractivity contribution is 7.89. The standard InChI is InChI=1S/C17H25N3O4S/c21-17(20-15-4-7-18-12-15)14-2-1-3-16(10-14)25(22,23)19-11-13-5-8-24-9-6-13/h1-3,10,13,15,18-19H,4-9,11-12H2,(H,20,21)/t15-/m0/s1. The maximum Gasteiger partial charge on any atom is 0.251 e. The van der Waals surface area contributed by atoms with Crippen molar-refractivity contribution < 1.29 is 17.9 Å². The highest BCUT2D eigenvalue weighted by atomic mass is 32.2. The van der Waals surface area contributed by atoms with E-state index in [9.17, 15) is 13.2 Å². The zero-order valence-corrected chi connectivity index (χ0v) is 15.0. The quantitative estimate of drug-likeness (QED) is 0.680. The average Bonchev–Trinajstić information content (AvgIpc) is 3.14. The molecule has 3 N–H and O–H groups in total. The van der Waals surface area contributed by atoms with Gasteiger partial charge in [0.1, 0.15) is 0 Å². The Bertz CT molecular complexity index is 696. The van der Waals surface area contributed by atoms with Gasteiger partial charge in [0.05, 0.1) is 4.90 Å². The molecule has 0 aromatic heterocycles. The van der Waals surface area contributed by atoms with Crippen LogP contribution in [0.25, 0.3) is 0 Å². The van der Waals surface area contributed by atoms with Gasteiger partial charge in [0, 0.05) is 37.9 Å². The number of nitrogens with one attached hydrogen (secondary N) is 3. The summed E-state index contributed by atoms with van der Waals surface area (Å²) in [6.07, 6.45) is 2.61. The summed E-state index contributed by atoms with van der Waals surface area (Å²) in [7, 11) is -3.63. The summed E-state index contributed by atoms with van der Waals surface area (Å²) < 4.78 is 33.0. The molecule has 1 amide bonds. The Balaban J connectivity index is 1.63. The van der Waals surface area contributed by atoms with E-state index in [2.05, 4.69) is 15.4 Å². The van der Waals surface area contributed by atoms with Crippen LogP contribution in [-0.2, 0) is 14.8 Å². The minimum atomic E-state index is -3.63. The Morgan fingerprint density at radius 1 is 1.24 bits per heavy atom. The van der Waals surface area contributed by atoms with Crippen LogP contribution in [0, 0.1) is 5.92 Å². The normalized spacial score (nSPS) is 22.0. The first-order chi connectivity index (χ1) is 12.0. The highest BCUT2D eigenvalue weighted by Gasteiger charge is 2.21. The first-order valence-corrected chi connectivity index (χ1v) is 10.2. The summed E-state index contributed by atoms with van der Waals surface area (Å²) in [5.41, 5.74) is 0.362. The molecule has 2 heterocycles. The van der Waals surface area contributed by atoms with Gasteiger partial charge < -0.3 is 15.4 Å². The fraction of sp³-hybridized carbons (Fsp3) is 0.588. The zero-order valence-electron chi connectivity index (χ0n) is 14.2. The number of benzene rings is 1. The first-order valence-electron chi connectivity index (χ1n) is 8.74. The summed E-state index contributed by atoms with van der Waals surface area (Å²) in [5, 5.41) is 6.11. The van der Waals surface area contributed by atoms with Crippen molar-refractivity contribution in [2.75, 3.05) is 32.8 Å². The van der Waals surface area contributed by atoms with Crippen molar-refractivity contribution in [2.24, 2.45) is 5.92 Å². The minimum absolute atomic E-state index is 0.0967. The Morgan fingerprint density at radius 3 is 2.76 bits per heavy atom. The van der Waals surface area contributed by atoms with Gasteiger partial charge in [-0.05, 0) is 49.9 Å². The Labute approximate surface area is 148 Å². The van der Waals surface area contributed by atoms with Crippen LogP contribution in [-0.4, -0.2) is 53.2 Å². The average molecular weight is 367 g/mol. The molecule has 1 atom stereocenters. The second-order valence-electron chi connectivity index (χ2n) is 6.60. The Kier molecular flexibility index (Phi) is 6.06. The number of hydrogen-bond acceptors (Lipinski definition) is 5. The van der Waals surface area contributed by atoms with Crippen LogP contribution in [0.2, 0.25) is 0 Å². The molecule has 138 valence electrons. The lowest BCUT2D eigenvalue weighted by Gasteiger charge is -2.22. The Hall–Kier alpha value is -1.48. The van der Waals surface area contributed by atoms with Crippen molar-refractivity contribution in [3.63, 3.8) is 0 Å². The molecule has 0 unspecified atom stereocenters. The number of sulfonamides is 1. The second-order valence-corrected chi connectivity index (χ2v) is 8.37. The summed E-state index contributed by atoms with van der Waals surface area (Å²) in [6, 6.07) is 6.28. The van der Waals surface area contributed by atoms with E-state index >= 15 is 0 Å². The molecular weight excluding hydrogens is 342 g/mol. The monoisotopic (exact) mass is 367 g/mol. The molecule has 1 aromatic rings. The summed E-state index contributed by atoms with van der Waals surface area (Å²) in [4.78, 5) is 12.4. The fourth-order valence-corrected chi connectivity index (χ4v) is 4.27. The lowest BCUT2D eigenvalue weighted by atomic mass is 10.0. The van der Waals surface area contributed by atoms with Crippen LogP contribution in [0.5, 0.6) is 0 Å². The van der Waals surface area contributed by atoms with Crippen molar-refractivity contribution in [3.8, 4) is 0 Å². The number of carbonyl (C=O) groups excluding carboxylic acids is 1. The SMILES string of the molecule is O=C(N[C@H]1CCNC1)c1cccc(S(=O)(=O)NCC2CCOCC2)c1. The van der Waals surface area contributed by atoms with E-state index in [4.69, 9.17) is 4.74 Å². The van der Waals surface area contributed by atoms with E-state index in [0.29, 0.717) is 31.2 Å². The number of amides is 1.